The van der Waals surface area contributed by atoms with E-state index >= 15 is 0 Å². The van der Waals surface area contributed by atoms with E-state index in [0.29, 0.717) is 42.1 Å². The molecule has 16 N–H and O–H groups in total. The molecule has 0 unspecified atom stereocenters. The number of carbonyl (C=O) groups excluding carboxylic acids is 7. The van der Waals surface area contributed by atoms with Gasteiger partial charge >= 0.3 is 54.6 Å². The van der Waals surface area contributed by atoms with Crippen molar-refractivity contribution in [2.45, 2.75) is 139 Å². The number of fused-ring (bicyclic) bond motifs is 1. The molecule has 0 aliphatic carbocycles. The molecule has 0 radical (unpaired) electrons. The van der Waals surface area contributed by atoms with E-state index in [0.717, 1.165) is 33.0 Å². The Bertz CT molecular complexity index is 4200. The molecule has 0 aromatic carbocycles. The van der Waals surface area contributed by atoms with Gasteiger partial charge < -0.3 is 73.3 Å². The molecule has 7 heterocycles. The summed E-state index contributed by atoms with van der Waals surface area (Å²) >= 11 is 14.0. The minimum absolute atomic E-state index is 0. The number of guanidine groups is 1. The van der Waals surface area contributed by atoms with Crippen molar-refractivity contribution in [2.75, 3.05) is 80.4 Å². The van der Waals surface area contributed by atoms with Crippen LogP contribution in [0.2, 0.25) is 10.3 Å². The third-order valence-corrected chi connectivity index (χ3v) is 14.0. The van der Waals surface area contributed by atoms with Crippen molar-refractivity contribution in [1.82, 2.24) is 49.8 Å². The lowest BCUT2D eigenvalue weighted by Gasteiger charge is -2.19. The highest BCUT2D eigenvalue weighted by Gasteiger charge is 2.44. The molecule has 6 aromatic heterocycles. The molecule has 1 aliphatic rings. The van der Waals surface area contributed by atoms with Crippen LogP contribution >= 0.6 is 51.5 Å². The highest BCUT2D eigenvalue weighted by molar-refractivity contribution is 9.09. The molecule has 0 saturated carbocycles. The molecule has 50 heteroatoms. The Morgan fingerprint density at radius 2 is 0.885 bits per heavy atom. The number of methoxy groups -OCH3 is 2. The van der Waals surface area contributed by atoms with Crippen LogP contribution in [0.5, 0.6) is 11.5 Å². The third kappa shape index (κ3) is 36.2. The summed E-state index contributed by atoms with van der Waals surface area (Å²) in [7, 11) is 3.18. The fourth-order valence-electron chi connectivity index (χ4n) is 8.62. The van der Waals surface area contributed by atoms with E-state index in [4.69, 9.17) is 66.8 Å². The van der Waals surface area contributed by atoms with E-state index < -0.39 is 159 Å². The second-order valence-corrected chi connectivity index (χ2v) is 22.7. The normalized spacial score (nSPS) is 11.1. The van der Waals surface area contributed by atoms with Gasteiger partial charge in [0.2, 0.25) is 29.7 Å². The van der Waals surface area contributed by atoms with E-state index in [1.54, 1.807) is 40.3 Å². The van der Waals surface area contributed by atoms with Crippen molar-refractivity contribution in [3.63, 3.8) is 0 Å². The smallest absolute Gasteiger partial charge is 0.433 e. The molecule has 113 heavy (non-hydrogen) atoms. The van der Waals surface area contributed by atoms with Gasteiger partial charge in [-0.05, 0) is 69.2 Å². The molecule has 34 nitrogen and oxygen atoms in total. The quantitative estimate of drug-likeness (QED) is 0.00538. The van der Waals surface area contributed by atoms with Crippen LogP contribution in [0.1, 0.15) is 127 Å². The summed E-state index contributed by atoms with van der Waals surface area (Å²) in [5.74, 6) is -5.36. The largest absolute Gasteiger partial charge is 0.496 e. The molecule has 6 aromatic rings. The van der Waals surface area contributed by atoms with Gasteiger partial charge in [0.15, 0.2) is 28.7 Å². The van der Waals surface area contributed by atoms with Gasteiger partial charge in [-0.15, -0.1) is 12.4 Å². The number of nitrogens with two attached hydrogens (primary N) is 7. The monoisotopic (exact) mass is 1760 g/mol. The average molecular weight is 1760 g/mol. The third-order valence-electron chi connectivity index (χ3n) is 12.9. The number of hydrogen-bond donors (Lipinski definition) is 9. The van der Waals surface area contributed by atoms with Crippen molar-refractivity contribution >= 4 is 129 Å². The number of nitrogens with zero attached hydrogens (tertiary/aromatic N) is 10. The number of halogens is 16. The van der Waals surface area contributed by atoms with Crippen LogP contribution < -0.4 is 60.1 Å². The van der Waals surface area contributed by atoms with E-state index in [2.05, 4.69) is 95.9 Å². The fraction of sp³-hybridized carbons (Fsp3) is 0.460. The first kappa shape index (κ1) is 104. The predicted octanol–water partition coefficient (Wildman–Crippen LogP) is 8.24. The summed E-state index contributed by atoms with van der Waals surface area (Å²) in [5, 5.41) is 5.33. The molecule has 7 rings (SSSR count). The Morgan fingerprint density at radius 3 is 1.23 bits per heavy atom. The van der Waals surface area contributed by atoms with Crippen molar-refractivity contribution in [1.29, 1.82) is 5.41 Å². The number of H-pyrrole nitrogens is 1. The van der Waals surface area contributed by atoms with E-state index in [1.165, 1.54) is 34.8 Å². The number of anilines is 5. The lowest BCUT2D eigenvalue weighted by molar-refractivity contribution is -0.146. The number of aryl methyl sites for hydroxylation is 2. The topological polar surface area (TPSA) is 542 Å². The maximum Gasteiger partial charge on any atom is 0.433 e. The zero-order valence-corrected chi connectivity index (χ0v) is 66.0. The van der Waals surface area contributed by atoms with Gasteiger partial charge in [-0.1, -0.05) is 39.1 Å². The Labute approximate surface area is 660 Å². The number of hydrogen-bond acceptors (Lipinski definition) is 30. The molecular weight excluding hydrogens is 1680 g/mol. The molecule has 0 bridgehead atoms. The molecule has 0 spiro atoms. The molecule has 1 aliphatic heterocycles. The number of nitrogens with one attached hydrogen (secondary N) is 2. The summed E-state index contributed by atoms with van der Waals surface area (Å²) in [6.07, 6.45) is -18.5. The first-order chi connectivity index (χ1) is 51.8. The first-order valence-corrected chi connectivity index (χ1v) is 33.6. The van der Waals surface area contributed by atoms with Crippen LogP contribution in [0.25, 0.3) is 0 Å². The molecular formula is C63H81BrCl3F12N19O15. The number of esters is 5. The van der Waals surface area contributed by atoms with Gasteiger partial charge in [0.25, 0.3) is 5.56 Å². The number of nitrogen functional groups attached to an aromatic ring is 4. The Kier molecular flexibility index (Phi) is 45.4. The number of alkyl halides is 13. The lowest BCUT2D eigenvalue weighted by atomic mass is 10.1. The number of pyridine rings is 2. The number of ether oxygens (including phenoxy) is 7. The molecule has 0 atom stereocenters. The van der Waals surface area contributed by atoms with Gasteiger partial charge in [0.05, 0.1) is 96.4 Å². The predicted molar refractivity (Wildman–Crippen MR) is 389 cm³/mol. The molecule has 630 valence electrons. The number of aromatic nitrogens is 10. The maximum absolute atomic E-state index is 13.2. The van der Waals surface area contributed by atoms with Crippen LogP contribution in [0.4, 0.5) is 82.3 Å². The highest BCUT2D eigenvalue weighted by atomic mass is 79.9. The SMILES string of the molecule is CCOC(=O)CBr.CCOC(=O)CC(C)=O.CCOC(=O)Cc1c(C(F)(F)F)nc(N)[nH]c1=O.CCOC(=O)Cc1c(Cl)nc(N)nc1C(F)(F)F.CCOC(=O)Cc1c(Cl)nc(N)nc1C(F)(F)F.COc1c(C)cnc(CN)c1C.COc1c(C)cnc(CN2C(=O)Cc3c2nc(N)nc3C(F)(F)F)c1C.Cl.N=C(N)N. The zero-order chi connectivity index (χ0) is 86.7. The van der Waals surface area contributed by atoms with Crippen LogP contribution in [0, 0.1) is 33.1 Å². The Balaban J connectivity index is 0. The molecule has 0 fully saturated rings. The number of ketones is 1. The summed E-state index contributed by atoms with van der Waals surface area (Å²) < 4.78 is 187. The van der Waals surface area contributed by atoms with Gasteiger partial charge in [-0.3, -0.25) is 63.6 Å². The number of carbonyl (C=O) groups is 7. The van der Waals surface area contributed by atoms with Crippen molar-refractivity contribution < 1.29 is 119 Å². The maximum atomic E-state index is 13.2. The first-order valence-electron chi connectivity index (χ1n) is 31.7. The van der Waals surface area contributed by atoms with Gasteiger partial charge in [0.1, 0.15) is 45.2 Å². The number of aromatic amines is 1. The minimum atomic E-state index is -4.87. The number of rotatable bonds is 19. The van der Waals surface area contributed by atoms with Crippen molar-refractivity contribution in [3.8, 4) is 11.5 Å². The summed E-state index contributed by atoms with van der Waals surface area (Å²) in [6, 6.07) is 0. The highest BCUT2D eigenvalue weighted by Crippen LogP contribution is 2.40. The van der Waals surface area contributed by atoms with Crippen LogP contribution in [-0.4, -0.2) is 150 Å². The van der Waals surface area contributed by atoms with Crippen molar-refractivity contribution in [3.05, 3.63) is 112 Å². The van der Waals surface area contributed by atoms with E-state index in [9.17, 15) is 91.0 Å². The van der Waals surface area contributed by atoms with E-state index in [-0.39, 0.29) is 74.3 Å². The fourth-order valence-corrected chi connectivity index (χ4v) is 9.27. The summed E-state index contributed by atoms with van der Waals surface area (Å²) in [5.41, 5.74) is 31.5. The second-order valence-electron chi connectivity index (χ2n) is 21.4. The molecule has 0 saturated heterocycles. The second kappa shape index (κ2) is 49.1. The zero-order valence-electron chi connectivity index (χ0n) is 62.1. The number of Topliss-reactive ketones (excluding diaryl/α,β-unsaturated/α-hetero) is 1. The number of amides is 1. The van der Waals surface area contributed by atoms with Gasteiger partial charge in [-0.25, -0.2) is 29.9 Å². The average Bonchev–Trinajstić information content (AvgIpc) is 1.62. The minimum Gasteiger partial charge on any atom is -0.496 e. The lowest BCUT2D eigenvalue weighted by Crippen LogP contribution is -2.28. The molecule has 1 amide bonds. The van der Waals surface area contributed by atoms with Crippen LogP contribution in [0.15, 0.2) is 17.2 Å². The van der Waals surface area contributed by atoms with E-state index in [1.807, 2.05) is 25.8 Å². The van der Waals surface area contributed by atoms with Crippen LogP contribution in [-0.2, 0) is 121 Å². The van der Waals surface area contributed by atoms with Gasteiger partial charge in [0, 0.05) is 57.9 Å². The van der Waals surface area contributed by atoms with Crippen molar-refractivity contribution in [2.24, 2.45) is 17.2 Å². The van der Waals surface area contributed by atoms with Crippen LogP contribution in [0.3, 0.4) is 0 Å². The Hall–Kier alpha value is -10.6. The van der Waals surface area contributed by atoms with Gasteiger partial charge in [-0.2, -0.15) is 57.7 Å². The Morgan fingerprint density at radius 1 is 0.549 bits per heavy atom. The summed E-state index contributed by atoms with van der Waals surface area (Å²) in [6.45, 7) is 18.3. The summed E-state index contributed by atoms with van der Waals surface area (Å²) in [4.78, 5) is 123. The standard InChI is InChI=1S/C16H16F3N5O2.2C9H9ClF3N3O2.C9H10F3N3O3.C9H14N2O.C6H10O3.C4H7BrO2.CH5N3.ClH/c1-7-5-21-10(8(2)12(7)26-3)6-24-11(25)4-9-13(16(17,18)19)22-15(20)23-14(9)24;2*1-2-18-5(17)3-4-6(9(11,12)13)15-8(14)16-7(4)10;1-2-18-5(16)3-4-6(9(10,11)12)14-8(13)15-7(4)17;1-6-5-11-8(4-10)7(2)9(6)12-3;1-3-9-6(8)4-5(2)7;1-2-7-4(6)3-5;2-1(3)4;/h5H,4,6H2,1-3H3,(H2,20,22,23);2*2-3H2,1H3,(H2,14,15,16);2-3H2,1H3,(H3,13,14,15,17);5H,4,10H2,1-3H3;3-4H2,1-2H3;2-3H2,1H3;(H5,2,3,4);1H.